The number of hydrogen-bond donors (Lipinski definition) is 2. The van der Waals surface area contributed by atoms with Crippen molar-refractivity contribution in [3.8, 4) is 5.75 Å². The van der Waals surface area contributed by atoms with E-state index in [2.05, 4.69) is 36.4 Å². The summed E-state index contributed by atoms with van der Waals surface area (Å²) in [6.45, 7) is 8.73. The lowest BCUT2D eigenvalue weighted by Crippen LogP contribution is -2.30. The summed E-state index contributed by atoms with van der Waals surface area (Å²) in [5.74, 6) is -0.396. The number of pyridine rings is 1. The number of nitrogens with zero attached hydrogens (tertiary/aromatic N) is 1. The van der Waals surface area contributed by atoms with Gasteiger partial charge in [-0.15, -0.1) is 0 Å². The molecular weight excluding hydrogens is 372 g/mol. The van der Waals surface area contributed by atoms with Crippen molar-refractivity contribution < 1.29 is 13.5 Å². The van der Waals surface area contributed by atoms with Crippen molar-refractivity contribution in [2.75, 3.05) is 32.1 Å². The lowest BCUT2D eigenvalue weighted by molar-refractivity contribution is -0.0597. The Kier molecular flexibility index (Phi) is 9.60. The molecule has 0 aliphatic carbocycles. The van der Waals surface area contributed by atoms with E-state index in [1.807, 2.05) is 6.07 Å². The number of nitrogens with one attached hydrogen (secondary N) is 2. The zero-order valence-electron chi connectivity index (χ0n) is 18.6. The molecule has 166 valence electrons. The Morgan fingerprint density at radius 2 is 2.03 bits per heavy atom. The van der Waals surface area contributed by atoms with Gasteiger partial charge >= 0.3 is 0 Å². The highest BCUT2D eigenvalue weighted by molar-refractivity contribution is 5.54. The molecule has 3 rings (SSSR count). The Morgan fingerprint density at radius 3 is 2.66 bits per heavy atom. The van der Waals surface area contributed by atoms with Crippen molar-refractivity contribution in [3.05, 3.63) is 17.3 Å². The van der Waals surface area contributed by atoms with Crippen LogP contribution in [0.1, 0.15) is 70.6 Å². The third-order valence-electron chi connectivity index (χ3n) is 5.92. The van der Waals surface area contributed by atoms with Crippen molar-refractivity contribution in [2.45, 2.75) is 78.1 Å². The molecule has 2 aliphatic heterocycles. The Morgan fingerprint density at radius 1 is 1.28 bits per heavy atom. The van der Waals surface area contributed by atoms with E-state index in [0.29, 0.717) is 32.4 Å². The van der Waals surface area contributed by atoms with Gasteiger partial charge in [0.15, 0.2) is 0 Å². The normalized spacial score (nSPS) is 18.7. The van der Waals surface area contributed by atoms with Gasteiger partial charge in [-0.3, -0.25) is 0 Å². The molecule has 0 aromatic carbocycles. The lowest BCUT2D eigenvalue weighted by Gasteiger charge is -2.22. The van der Waals surface area contributed by atoms with Crippen molar-refractivity contribution in [1.29, 1.82) is 0 Å². The van der Waals surface area contributed by atoms with Crippen LogP contribution >= 0.6 is 0 Å². The maximum Gasteiger partial charge on any atom is 0.252 e. The standard InChI is InChI=1S/C18H27F2N3O.C5H12/c1-24-16-11-14(23-17-15(16)6-4-9-22-17)5-2-3-8-18(19,20)13-7-10-21-12-13;1-4-5(2)3/h11,13,21H,2-10,12H2,1H3,(H,22,23);5H,4H2,1-3H3. The van der Waals surface area contributed by atoms with Gasteiger partial charge in [0.1, 0.15) is 11.6 Å². The summed E-state index contributed by atoms with van der Waals surface area (Å²) < 4.78 is 33.7. The van der Waals surface area contributed by atoms with E-state index < -0.39 is 11.8 Å². The molecule has 0 radical (unpaired) electrons. The fourth-order valence-corrected chi connectivity index (χ4v) is 3.65. The van der Waals surface area contributed by atoms with Crippen LogP contribution < -0.4 is 15.4 Å². The number of alkyl halides is 2. The van der Waals surface area contributed by atoms with E-state index >= 15 is 0 Å². The number of ether oxygens (including phenoxy) is 1. The predicted octanol–water partition coefficient (Wildman–Crippen LogP) is 5.46. The van der Waals surface area contributed by atoms with E-state index in [-0.39, 0.29) is 6.42 Å². The van der Waals surface area contributed by atoms with Gasteiger partial charge in [0, 0.05) is 42.8 Å². The molecule has 1 saturated heterocycles. The summed E-state index contributed by atoms with van der Waals surface area (Å²) in [5, 5.41) is 6.34. The molecule has 4 nitrogen and oxygen atoms in total. The minimum Gasteiger partial charge on any atom is -0.496 e. The maximum atomic E-state index is 14.1. The summed E-state index contributed by atoms with van der Waals surface area (Å²) >= 11 is 0. The van der Waals surface area contributed by atoms with Gasteiger partial charge in [-0.25, -0.2) is 13.8 Å². The number of unbranched alkanes of at least 4 members (excludes halogenated alkanes) is 1. The molecule has 2 aliphatic rings. The first-order valence-electron chi connectivity index (χ1n) is 11.3. The second-order valence-corrected chi connectivity index (χ2v) is 8.63. The minimum atomic E-state index is -2.55. The molecule has 1 unspecified atom stereocenters. The second-order valence-electron chi connectivity index (χ2n) is 8.63. The summed E-state index contributed by atoms with van der Waals surface area (Å²) in [6.07, 6.45) is 5.88. The highest BCUT2D eigenvalue weighted by Crippen LogP contribution is 2.34. The number of rotatable bonds is 8. The average molecular weight is 412 g/mol. The topological polar surface area (TPSA) is 46.2 Å². The summed E-state index contributed by atoms with van der Waals surface area (Å²) in [4.78, 5) is 4.64. The van der Waals surface area contributed by atoms with Crippen LogP contribution in [0.15, 0.2) is 6.07 Å². The van der Waals surface area contributed by atoms with Crippen molar-refractivity contribution in [3.63, 3.8) is 0 Å². The third kappa shape index (κ3) is 7.40. The molecule has 0 saturated carbocycles. The Balaban J connectivity index is 0.000000537. The van der Waals surface area contributed by atoms with Gasteiger partial charge in [-0.05, 0) is 51.0 Å². The molecule has 6 heteroatoms. The van der Waals surface area contributed by atoms with Crippen LogP contribution in [-0.2, 0) is 12.8 Å². The minimum absolute atomic E-state index is 0.0281. The smallest absolute Gasteiger partial charge is 0.252 e. The van der Waals surface area contributed by atoms with Crippen molar-refractivity contribution >= 4 is 5.82 Å². The van der Waals surface area contributed by atoms with Gasteiger partial charge in [-0.2, -0.15) is 0 Å². The molecule has 1 aromatic rings. The zero-order chi connectivity index (χ0) is 21.3. The molecule has 3 heterocycles. The van der Waals surface area contributed by atoms with Gasteiger partial charge in [-0.1, -0.05) is 27.2 Å². The first-order valence-corrected chi connectivity index (χ1v) is 11.3. The first-order chi connectivity index (χ1) is 13.9. The van der Waals surface area contributed by atoms with Crippen molar-refractivity contribution in [1.82, 2.24) is 10.3 Å². The molecule has 1 atom stereocenters. The van der Waals surface area contributed by atoms with Crippen LogP contribution in [0.5, 0.6) is 5.75 Å². The van der Waals surface area contributed by atoms with Crippen LogP contribution in [-0.4, -0.2) is 37.7 Å². The number of fused-ring (bicyclic) bond motifs is 1. The number of anilines is 1. The molecule has 0 amide bonds. The maximum absolute atomic E-state index is 14.1. The number of aromatic nitrogens is 1. The molecule has 0 spiro atoms. The van der Waals surface area contributed by atoms with E-state index in [1.165, 1.54) is 6.42 Å². The van der Waals surface area contributed by atoms with E-state index in [0.717, 1.165) is 54.5 Å². The van der Waals surface area contributed by atoms with E-state index in [4.69, 9.17) is 4.74 Å². The number of aryl methyl sites for hydroxylation is 1. The molecule has 29 heavy (non-hydrogen) atoms. The zero-order valence-corrected chi connectivity index (χ0v) is 18.6. The average Bonchev–Trinajstić information content (AvgIpc) is 3.27. The summed E-state index contributed by atoms with van der Waals surface area (Å²) in [6, 6.07) is 1.96. The second kappa shape index (κ2) is 11.7. The predicted molar refractivity (Wildman–Crippen MR) is 116 cm³/mol. The summed E-state index contributed by atoms with van der Waals surface area (Å²) in [5.41, 5.74) is 2.05. The van der Waals surface area contributed by atoms with E-state index in [1.54, 1.807) is 7.11 Å². The monoisotopic (exact) mass is 411 g/mol. The third-order valence-corrected chi connectivity index (χ3v) is 5.92. The molecule has 1 aromatic heterocycles. The Bertz CT molecular complexity index is 599. The quantitative estimate of drug-likeness (QED) is 0.558. The van der Waals surface area contributed by atoms with Crippen LogP contribution in [0, 0.1) is 11.8 Å². The number of halogens is 2. The van der Waals surface area contributed by atoms with E-state index in [9.17, 15) is 8.78 Å². The Labute approximate surface area is 175 Å². The SMILES string of the molecule is CCC(C)C.COc1cc(CCCCC(F)(F)C2CCNC2)nc2c1CCCN2. The molecule has 2 N–H and O–H groups in total. The van der Waals surface area contributed by atoms with Crippen LogP contribution in [0.25, 0.3) is 0 Å². The number of hydrogen-bond acceptors (Lipinski definition) is 4. The van der Waals surface area contributed by atoms with Gasteiger partial charge in [0.2, 0.25) is 0 Å². The largest absolute Gasteiger partial charge is 0.496 e. The highest BCUT2D eigenvalue weighted by atomic mass is 19.3. The van der Waals surface area contributed by atoms with Crippen LogP contribution in [0.2, 0.25) is 0 Å². The number of methoxy groups -OCH3 is 1. The van der Waals surface area contributed by atoms with Crippen molar-refractivity contribution in [2.24, 2.45) is 11.8 Å². The molecule has 0 bridgehead atoms. The fraction of sp³-hybridized carbons (Fsp3) is 0.783. The van der Waals surface area contributed by atoms with Gasteiger partial charge < -0.3 is 15.4 Å². The molecular formula is C23H39F2N3O. The highest BCUT2D eigenvalue weighted by Gasteiger charge is 2.40. The Hall–Kier alpha value is -1.43. The van der Waals surface area contributed by atoms with Crippen LogP contribution in [0.4, 0.5) is 14.6 Å². The molecule has 1 fully saturated rings. The van der Waals surface area contributed by atoms with Gasteiger partial charge in [0.05, 0.1) is 7.11 Å². The van der Waals surface area contributed by atoms with Crippen LogP contribution in [0.3, 0.4) is 0 Å². The van der Waals surface area contributed by atoms with Gasteiger partial charge in [0.25, 0.3) is 5.92 Å². The lowest BCUT2D eigenvalue weighted by atomic mass is 9.95. The first kappa shape index (κ1) is 23.8. The summed E-state index contributed by atoms with van der Waals surface area (Å²) in [7, 11) is 1.67. The fourth-order valence-electron chi connectivity index (χ4n) is 3.65.